The van der Waals surface area contributed by atoms with Gasteiger partial charge >= 0.3 is 0 Å². The molecule has 0 radical (unpaired) electrons. The van der Waals surface area contributed by atoms with Crippen LogP contribution in [0.2, 0.25) is 15.1 Å². The van der Waals surface area contributed by atoms with Crippen molar-refractivity contribution in [2.45, 2.75) is 6.61 Å². The first-order valence-corrected chi connectivity index (χ1v) is 7.01. The van der Waals surface area contributed by atoms with Gasteiger partial charge in [0, 0.05) is 21.1 Å². The normalized spacial score (nSPS) is 10.4. The van der Waals surface area contributed by atoms with Crippen LogP contribution in [0.25, 0.3) is 0 Å². The van der Waals surface area contributed by atoms with Gasteiger partial charge in [0.1, 0.15) is 12.4 Å². The third-order valence-corrected chi connectivity index (χ3v) is 3.88. The molecule has 18 heavy (non-hydrogen) atoms. The lowest BCUT2D eigenvalue weighted by Gasteiger charge is -2.08. The molecular weight excluding hydrogens is 358 g/mol. The molecule has 1 nitrogen and oxygen atoms in total. The second kappa shape index (κ2) is 6.16. The largest absolute Gasteiger partial charge is 0.489 e. The molecule has 0 N–H and O–H groups in total. The zero-order chi connectivity index (χ0) is 13.1. The Hall–Kier alpha value is -0.410. The van der Waals surface area contributed by atoms with Gasteiger partial charge in [-0.3, -0.25) is 0 Å². The third-order valence-electron chi connectivity index (χ3n) is 2.30. The van der Waals surface area contributed by atoms with Gasteiger partial charge in [0.25, 0.3) is 0 Å². The van der Waals surface area contributed by atoms with Gasteiger partial charge in [-0.05, 0) is 24.3 Å². The van der Waals surface area contributed by atoms with Gasteiger partial charge in [0.2, 0.25) is 0 Å². The Labute approximate surface area is 129 Å². The zero-order valence-corrected chi connectivity index (χ0v) is 12.9. The molecule has 0 aliphatic heterocycles. The summed E-state index contributed by atoms with van der Waals surface area (Å²) in [5.74, 6) is 0.656. The molecule has 0 heterocycles. The molecule has 0 unspecified atom stereocenters. The summed E-state index contributed by atoms with van der Waals surface area (Å²) in [6.45, 7) is 0.379. The quantitative estimate of drug-likeness (QED) is 0.648. The summed E-state index contributed by atoms with van der Waals surface area (Å²) in [5, 5.41) is 1.63. The fourth-order valence-electron chi connectivity index (χ4n) is 1.37. The monoisotopic (exact) mass is 364 g/mol. The van der Waals surface area contributed by atoms with Crippen LogP contribution in [0, 0.1) is 0 Å². The van der Waals surface area contributed by atoms with E-state index in [1.807, 2.05) is 18.2 Å². The first-order valence-electron chi connectivity index (χ1n) is 5.08. The maximum Gasteiger partial charge on any atom is 0.121 e. The highest BCUT2D eigenvalue weighted by Gasteiger charge is 2.04. The number of benzene rings is 2. The van der Waals surface area contributed by atoms with Crippen molar-refractivity contribution in [2.75, 3.05) is 0 Å². The molecule has 0 aromatic heterocycles. The predicted octanol–water partition coefficient (Wildman–Crippen LogP) is 5.99. The minimum atomic E-state index is 0.379. The Balaban J connectivity index is 2.09. The lowest BCUT2D eigenvalue weighted by molar-refractivity contribution is 0.306. The molecule has 0 atom stereocenters. The first-order chi connectivity index (χ1) is 8.56. The van der Waals surface area contributed by atoms with Gasteiger partial charge in [-0.1, -0.05) is 56.8 Å². The fraction of sp³-hybridized carbons (Fsp3) is 0.0769. The summed E-state index contributed by atoms with van der Waals surface area (Å²) in [6, 6.07) is 10.8. The van der Waals surface area contributed by atoms with Crippen LogP contribution < -0.4 is 4.74 Å². The van der Waals surface area contributed by atoms with E-state index in [2.05, 4.69) is 15.9 Å². The van der Waals surface area contributed by atoms with Crippen LogP contribution in [-0.2, 0) is 6.61 Å². The summed E-state index contributed by atoms with van der Waals surface area (Å²) in [6.07, 6.45) is 0. The van der Waals surface area contributed by atoms with E-state index in [0.29, 0.717) is 27.4 Å². The van der Waals surface area contributed by atoms with Gasteiger partial charge in [0.15, 0.2) is 0 Å². The van der Waals surface area contributed by atoms with Crippen LogP contribution in [0.3, 0.4) is 0 Å². The van der Waals surface area contributed by atoms with Crippen molar-refractivity contribution in [3.05, 3.63) is 61.5 Å². The van der Waals surface area contributed by atoms with Crippen molar-refractivity contribution < 1.29 is 4.74 Å². The SMILES string of the molecule is Clc1ccc(OCc2ccc(Br)cc2Cl)cc1Cl. The molecule has 94 valence electrons. The third kappa shape index (κ3) is 3.55. The highest BCUT2D eigenvalue weighted by molar-refractivity contribution is 9.10. The molecule has 0 aliphatic rings. The van der Waals surface area contributed by atoms with Crippen LogP contribution in [0.4, 0.5) is 0 Å². The summed E-state index contributed by atoms with van der Waals surface area (Å²) in [7, 11) is 0. The average molecular weight is 366 g/mol. The van der Waals surface area contributed by atoms with E-state index >= 15 is 0 Å². The van der Waals surface area contributed by atoms with Crippen molar-refractivity contribution in [1.82, 2.24) is 0 Å². The Kier molecular flexibility index (Phi) is 4.79. The summed E-state index contributed by atoms with van der Waals surface area (Å²) >= 11 is 21.2. The van der Waals surface area contributed by atoms with E-state index in [1.165, 1.54) is 0 Å². The van der Waals surface area contributed by atoms with Crippen LogP contribution in [0.15, 0.2) is 40.9 Å². The lowest BCUT2D eigenvalue weighted by Crippen LogP contribution is -1.96. The number of hydrogen-bond acceptors (Lipinski definition) is 1. The fourth-order valence-corrected chi connectivity index (χ4v) is 2.38. The van der Waals surface area contributed by atoms with E-state index in [0.717, 1.165) is 10.0 Å². The summed E-state index contributed by atoms with van der Waals surface area (Å²) in [4.78, 5) is 0. The van der Waals surface area contributed by atoms with E-state index < -0.39 is 0 Å². The summed E-state index contributed by atoms with van der Waals surface area (Å²) in [5.41, 5.74) is 0.908. The van der Waals surface area contributed by atoms with Crippen molar-refractivity contribution in [2.24, 2.45) is 0 Å². The van der Waals surface area contributed by atoms with Crippen molar-refractivity contribution >= 4 is 50.7 Å². The van der Waals surface area contributed by atoms with Crippen molar-refractivity contribution in [3.63, 3.8) is 0 Å². The molecule has 0 amide bonds. The van der Waals surface area contributed by atoms with Gasteiger partial charge in [-0.15, -0.1) is 0 Å². The second-order valence-corrected chi connectivity index (χ2v) is 5.74. The highest BCUT2D eigenvalue weighted by atomic mass is 79.9. The van der Waals surface area contributed by atoms with Gasteiger partial charge in [0.05, 0.1) is 10.0 Å². The molecule has 0 saturated heterocycles. The minimum absolute atomic E-state index is 0.379. The molecular formula is C13H8BrCl3O. The minimum Gasteiger partial charge on any atom is -0.489 e. The molecule has 2 rings (SSSR count). The number of rotatable bonds is 3. The summed E-state index contributed by atoms with van der Waals surface area (Å²) < 4.78 is 6.54. The molecule has 0 fully saturated rings. The second-order valence-electron chi connectivity index (χ2n) is 3.60. The molecule has 0 bridgehead atoms. The number of ether oxygens (including phenoxy) is 1. The Bertz CT molecular complexity index is 572. The van der Waals surface area contributed by atoms with Crippen LogP contribution >= 0.6 is 50.7 Å². The van der Waals surface area contributed by atoms with Crippen molar-refractivity contribution in [3.8, 4) is 5.75 Å². The average Bonchev–Trinajstić information content (AvgIpc) is 2.32. The Morgan fingerprint density at radius 2 is 1.67 bits per heavy atom. The van der Waals surface area contributed by atoms with Crippen LogP contribution in [-0.4, -0.2) is 0 Å². The van der Waals surface area contributed by atoms with E-state index in [1.54, 1.807) is 18.2 Å². The van der Waals surface area contributed by atoms with Gasteiger partial charge in [-0.25, -0.2) is 0 Å². The molecule has 2 aromatic carbocycles. The van der Waals surface area contributed by atoms with Gasteiger partial charge < -0.3 is 4.74 Å². The van der Waals surface area contributed by atoms with Crippen LogP contribution in [0.5, 0.6) is 5.75 Å². The standard InChI is InChI=1S/C13H8BrCl3O/c14-9-2-1-8(12(16)5-9)7-18-10-3-4-11(15)13(17)6-10/h1-6H,7H2. The highest BCUT2D eigenvalue weighted by Crippen LogP contribution is 2.28. The maximum atomic E-state index is 6.10. The maximum absolute atomic E-state index is 6.10. The van der Waals surface area contributed by atoms with Crippen molar-refractivity contribution in [1.29, 1.82) is 0 Å². The molecule has 0 aliphatic carbocycles. The van der Waals surface area contributed by atoms with Crippen LogP contribution in [0.1, 0.15) is 5.56 Å². The van der Waals surface area contributed by atoms with E-state index in [9.17, 15) is 0 Å². The number of hydrogen-bond donors (Lipinski definition) is 0. The molecule has 2 aromatic rings. The first kappa shape index (κ1) is 14.0. The predicted molar refractivity (Wildman–Crippen MR) is 79.9 cm³/mol. The Morgan fingerprint density at radius 1 is 0.889 bits per heavy atom. The zero-order valence-electron chi connectivity index (χ0n) is 9.09. The van der Waals surface area contributed by atoms with E-state index in [-0.39, 0.29) is 0 Å². The van der Waals surface area contributed by atoms with E-state index in [4.69, 9.17) is 39.5 Å². The lowest BCUT2D eigenvalue weighted by atomic mass is 10.2. The smallest absolute Gasteiger partial charge is 0.121 e. The molecule has 0 saturated carbocycles. The topological polar surface area (TPSA) is 9.23 Å². The Morgan fingerprint density at radius 3 is 2.33 bits per heavy atom. The number of halogens is 4. The molecule has 0 spiro atoms. The van der Waals surface area contributed by atoms with Gasteiger partial charge in [-0.2, -0.15) is 0 Å². The molecule has 5 heteroatoms.